The molecule has 134 valence electrons. The summed E-state index contributed by atoms with van der Waals surface area (Å²) in [5.41, 5.74) is 0.562. The van der Waals surface area contributed by atoms with E-state index in [1.165, 1.54) is 70.6 Å². The van der Waals surface area contributed by atoms with Crippen molar-refractivity contribution >= 4 is 11.8 Å². The maximum atomic E-state index is 10.4. The van der Waals surface area contributed by atoms with E-state index in [0.29, 0.717) is 18.0 Å². The van der Waals surface area contributed by atoms with Crippen LogP contribution in [0.3, 0.4) is 0 Å². The third kappa shape index (κ3) is 10.2. The maximum absolute atomic E-state index is 10.4. The highest BCUT2D eigenvalue weighted by Gasteiger charge is 2.01. The molecule has 0 spiro atoms. The second-order valence-corrected chi connectivity index (χ2v) is 6.41. The van der Waals surface area contributed by atoms with Crippen molar-refractivity contribution in [3.8, 4) is 5.75 Å². The second kappa shape index (κ2) is 15.0. The Bertz CT molecular complexity index is 467. The van der Waals surface area contributed by atoms with Gasteiger partial charge in [0.2, 0.25) is 6.08 Å². The number of isocyanates is 1. The van der Waals surface area contributed by atoms with Crippen molar-refractivity contribution in [2.24, 2.45) is 4.99 Å². The largest absolute Gasteiger partial charge is 0.491 e. The molecule has 0 unspecified atom stereocenters. The lowest BCUT2D eigenvalue weighted by atomic mass is 10.1. The lowest BCUT2D eigenvalue weighted by molar-refractivity contribution is 0.305. The summed E-state index contributed by atoms with van der Waals surface area (Å²) in [6.07, 6.45) is 17.6. The number of para-hydroxylation sites is 2. The Labute approximate surface area is 147 Å². The Morgan fingerprint density at radius 1 is 0.833 bits per heavy atom. The molecule has 0 aliphatic heterocycles. The Morgan fingerprint density at radius 2 is 1.38 bits per heavy atom. The smallest absolute Gasteiger partial charge is 0.240 e. The molecule has 24 heavy (non-hydrogen) atoms. The van der Waals surface area contributed by atoms with E-state index in [-0.39, 0.29) is 0 Å². The number of rotatable bonds is 15. The second-order valence-electron chi connectivity index (χ2n) is 6.41. The van der Waals surface area contributed by atoms with Gasteiger partial charge in [0.05, 0.1) is 6.61 Å². The Balaban J connectivity index is 1.93. The molecule has 1 aromatic rings. The minimum absolute atomic E-state index is 0.562. The number of carbonyl (C=O) groups excluding carboxylic acids is 1. The van der Waals surface area contributed by atoms with Gasteiger partial charge in [-0.05, 0) is 18.6 Å². The highest BCUT2D eigenvalue weighted by molar-refractivity contribution is 5.57. The first kappa shape index (κ1) is 20.4. The van der Waals surface area contributed by atoms with E-state index < -0.39 is 0 Å². The normalized spacial score (nSPS) is 10.4. The van der Waals surface area contributed by atoms with E-state index in [1.54, 1.807) is 12.1 Å². The maximum Gasteiger partial charge on any atom is 0.240 e. The molecule has 3 heteroatoms. The zero-order chi connectivity index (χ0) is 17.3. The van der Waals surface area contributed by atoms with Gasteiger partial charge in [-0.3, -0.25) is 0 Å². The van der Waals surface area contributed by atoms with Crippen LogP contribution >= 0.6 is 0 Å². The van der Waals surface area contributed by atoms with Crippen LogP contribution in [-0.2, 0) is 4.79 Å². The minimum atomic E-state index is 0.562. The summed E-state index contributed by atoms with van der Waals surface area (Å²) in [7, 11) is 0. The van der Waals surface area contributed by atoms with Crippen molar-refractivity contribution in [2.75, 3.05) is 6.61 Å². The Hall–Kier alpha value is -1.60. The summed E-state index contributed by atoms with van der Waals surface area (Å²) in [5.74, 6) is 0.670. The average Bonchev–Trinajstić information content (AvgIpc) is 2.60. The van der Waals surface area contributed by atoms with Crippen molar-refractivity contribution in [1.82, 2.24) is 0 Å². The van der Waals surface area contributed by atoms with Crippen molar-refractivity contribution in [2.45, 2.75) is 84.0 Å². The molecule has 0 bridgehead atoms. The van der Waals surface area contributed by atoms with Crippen molar-refractivity contribution in [3.63, 3.8) is 0 Å². The lowest BCUT2D eigenvalue weighted by Crippen LogP contribution is -1.97. The lowest BCUT2D eigenvalue weighted by Gasteiger charge is -2.07. The van der Waals surface area contributed by atoms with Gasteiger partial charge >= 0.3 is 0 Å². The van der Waals surface area contributed by atoms with Gasteiger partial charge in [-0.2, -0.15) is 4.99 Å². The monoisotopic (exact) mass is 331 g/mol. The zero-order valence-electron chi connectivity index (χ0n) is 15.3. The van der Waals surface area contributed by atoms with Gasteiger partial charge in [0.25, 0.3) is 0 Å². The highest BCUT2D eigenvalue weighted by atomic mass is 16.5. The Kier molecular flexibility index (Phi) is 12.7. The molecule has 0 aliphatic rings. The van der Waals surface area contributed by atoms with E-state index in [0.717, 1.165) is 6.42 Å². The molecular weight excluding hydrogens is 298 g/mol. The standard InChI is InChI=1S/C21H33NO2/c1-2-3-4-5-6-7-8-9-10-11-12-15-18-24-21-17-14-13-16-20(21)22-19-23/h13-14,16-17H,2-12,15,18H2,1H3. The van der Waals surface area contributed by atoms with Gasteiger partial charge < -0.3 is 4.74 Å². The van der Waals surface area contributed by atoms with E-state index in [4.69, 9.17) is 4.74 Å². The number of hydrogen-bond acceptors (Lipinski definition) is 3. The molecule has 0 N–H and O–H groups in total. The van der Waals surface area contributed by atoms with Crippen LogP contribution in [-0.4, -0.2) is 12.7 Å². The number of unbranched alkanes of at least 4 members (excludes halogenated alkanes) is 11. The molecule has 0 aliphatic carbocycles. The predicted octanol–water partition coefficient (Wildman–Crippen LogP) is 6.73. The molecule has 0 saturated carbocycles. The van der Waals surface area contributed by atoms with Crippen LogP contribution in [0.4, 0.5) is 5.69 Å². The molecular formula is C21H33NO2. The summed E-state index contributed by atoms with van der Waals surface area (Å²) in [6, 6.07) is 7.34. The van der Waals surface area contributed by atoms with Gasteiger partial charge in [-0.15, -0.1) is 0 Å². The zero-order valence-corrected chi connectivity index (χ0v) is 15.3. The molecule has 0 aromatic heterocycles. The van der Waals surface area contributed by atoms with Gasteiger partial charge in [-0.1, -0.05) is 89.7 Å². The summed E-state index contributed by atoms with van der Waals surface area (Å²) in [6.45, 7) is 2.95. The number of hydrogen-bond donors (Lipinski definition) is 0. The number of ether oxygens (including phenoxy) is 1. The molecule has 0 atom stereocenters. The number of nitrogens with zero attached hydrogens (tertiary/aromatic N) is 1. The van der Waals surface area contributed by atoms with Crippen molar-refractivity contribution in [3.05, 3.63) is 24.3 Å². The summed E-state index contributed by atoms with van der Waals surface area (Å²) in [5, 5.41) is 0. The van der Waals surface area contributed by atoms with E-state index in [2.05, 4.69) is 11.9 Å². The van der Waals surface area contributed by atoms with Crippen LogP contribution < -0.4 is 4.74 Å². The molecule has 0 amide bonds. The van der Waals surface area contributed by atoms with Crippen molar-refractivity contribution < 1.29 is 9.53 Å². The number of benzene rings is 1. The quantitative estimate of drug-likeness (QED) is 0.203. The fourth-order valence-electron chi connectivity index (χ4n) is 2.85. The SMILES string of the molecule is CCCCCCCCCCCCCCOc1ccccc1N=C=O. The van der Waals surface area contributed by atoms with Crippen LogP contribution in [0, 0.1) is 0 Å². The van der Waals surface area contributed by atoms with Gasteiger partial charge in [0.1, 0.15) is 11.4 Å². The molecule has 1 rings (SSSR count). The summed E-state index contributed by atoms with van der Waals surface area (Å²) in [4.78, 5) is 14.0. The first-order valence-corrected chi connectivity index (χ1v) is 9.68. The molecule has 3 nitrogen and oxygen atoms in total. The third-order valence-corrected chi connectivity index (χ3v) is 4.29. The van der Waals surface area contributed by atoms with E-state index >= 15 is 0 Å². The summed E-state index contributed by atoms with van der Waals surface area (Å²) < 4.78 is 5.71. The van der Waals surface area contributed by atoms with E-state index in [9.17, 15) is 4.79 Å². The van der Waals surface area contributed by atoms with Crippen LogP contribution in [0.5, 0.6) is 5.75 Å². The van der Waals surface area contributed by atoms with Crippen LogP contribution in [0.1, 0.15) is 84.0 Å². The van der Waals surface area contributed by atoms with Crippen LogP contribution in [0.25, 0.3) is 0 Å². The summed E-state index contributed by atoms with van der Waals surface area (Å²) >= 11 is 0. The van der Waals surface area contributed by atoms with E-state index in [1.807, 2.05) is 18.2 Å². The fraction of sp³-hybridized carbons (Fsp3) is 0.667. The molecule has 0 fully saturated rings. The average molecular weight is 332 g/mol. The molecule has 0 heterocycles. The molecule has 0 saturated heterocycles. The first-order chi connectivity index (χ1) is 11.9. The third-order valence-electron chi connectivity index (χ3n) is 4.29. The fourth-order valence-corrected chi connectivity index (χ4v) is 2.85. The van der Waals surface area contributed by atoms with Gasteiger partial charge in [-0.25, -0.2) is 4.79 Å². The molecule has 0 radical (unpaired) electrons. The highest BCUT2D eigenvalue weighted by Crippen LogP contribution is 2.26. The first-order valence-electron chi connectivity index (χ1n) is 9.68. The molecule has 1 aromatic carbocycles. The van der Waals surface area contributed by atoms with Gasteiger partial charge in [0.15, 0.2) is 0 Å². The minimum Gasteiger partial charge on any atom is -0.491 e. The van der Waals surface area contributed by atoms with Crippen molar-refractivity contribution in [1.29, 1.82) is 0 Å². The van der Waals surface area contributed by atoms with Crippen LogP contribution in [0.15, 0.2) is 29.3 Å². The number of aliphatic imine (C=N–C) groups is 1. The van der Waals surface area contributed by atoms with Crippen LogP contribution in [0.2, 0.25) is 0 Å². The van der Waals surface area contributed by atoms with Gasteiger partial charge in [0, 0.05) is 0 Å². The topological polar surface area (TPSA) is 38.7 Å². The Morgan fingerprint density at radius 3 is 1.96 bits per heavy atom. The predicted molar refractivity (Wildman–Crippen MR) is 101 cm³/mol.